The molecule has 0 aliphatic heterocycles. The number of halogens is 2. The van der Waals surface area contributed by atoms with Crippen LogP contribution in [0.3, 0.4) is 0 Å². The molecule has 0 aromatic heterocycles. The van der Waals surface area contributed by atoms with Gasteiger partial charge in [-0.3, -0.25) is 14.1 Å². The normalized spacial score (nSPS) is 31.9. The van der Waals surface area contributed by atoms with Crippen molar-refractivity contribution in [3.63, 3.8) is 0 Å². The molecule has 4 saturated carbocycles. The number of carbonyl (C=O) groups is 2. The van der Waals surface area contributed by atoms with E-state index in [-0.39, 0.29) is 30.8 Å². The zero-order chi connectivity index (χ0) is 24.4. The van der Waals surface area contributed by atoms with Gasteiger partial charge in [0.1, 0.15) is 0 Å². The summed E-state index contributed by atoms with van der Waals surface area (Å²) in [6, 6.07) is 0. The molecule has 0 aromatic carbocycles. The van der Waals surface area contributed by atoms with Crippen molar-refractivity contribution in [3.05, 3.63) is 0 Å². The summed E-state index contributed by atoms with van der Waals surface area (Å²) in [6.07, 6.45) is 3.92. The van der Waals surface area contributed by atoms with Crippen LogP contribution in [0.1, 0.15) is 58.8 Å². The number of ether oxygens (including phenoxy) is 4. The fourth-order valence-electron chi connectivity index (χ4n) is 5.86. The van der Waals surface area contributed by atoms with Crippen molar-refractivity contribution >= 4 is 22.1 Å². The van der Waals surface area contributed by atoms with Gasteiger partial charge in [-0.15, -0.1) is 0 Å². The highest BCUT2D eigenvalue weighted by Gasteiger charge is 2.56. The second-order valence-corrected chi connectivity index (χ2v) is 11.1. The molecule has 0 spiro atoms. The molecular weight excluding hydrogens is 466 g/mol. The number of esters is 2. The van der Waals surface area contributed by atoms with Gasteiger partial charge in [-0.05, 0) is 63.7 Å². The molecule has 1 N–H and O–H groups in total. The van der Waals surface area contributed by atoms with Gasteiger partial charge in [0.25, 0.3) is 0 Å². The van der Waals surface area contributed by atoms with E-state index in [1.54, 1.807) is 0 Å². The SMILES string of the molecule is CCOC(C)OC1C2CC3CC1CC(COC(=O)CCC(=O)OCC(F)(F)S(=O)(=O)O)(C3)C2. The topological polar surface area (TPSA) is 125 Å². The average Bonchev–Trinajstić information content (AvgIpc) is 2.71. The summed E-state index contributed by atoms with van der Waals surface area (Å²) in [6.45, 7) is 2.83. The zero-order valence-corrected chi connectivity index (χ0v) is 19.7. The number of hydrogen-bond donors (Lipinski definition) is 1. The minimum Gasteiger partial charge on any atom is -0.465 e. The van der Waals surface area contributed by atoms with Gasteiger partial charge in [0.2, 0.25) is 0 Å². The Morgan fingerprint density at radius 3 is 2.21 bits per heavy atom. The van der Waals surface area contributed by atoms with Crippen LogP contribution >= 0.6 is 0 Å². The van der Waals surface area contributed by atoms with Crippen molar-refractivity contribution in [2.75, 3.05) is 19.8 Å². The summed E-state index contributed by atoms with van der Waals surface area (Å²) in [4.78, 5) is 23.7. The van der Waals surface area contributed by atoms with Crippen LogP contribution in [0.15, 0.2) is 0 Å². The summed E-state index contributed by atoms with van der Waals surface area (Å²) < 4.78 is 76.9. The lowest BCUT2D eigenvalue weighted by Crippen LogP contribution is -2.56. The van der Waals surface area contributed by atoms with Crippen molar-refractivity contribution in [1.82, 2.24) is 0 Å². The molecule has 9 nitrogen and oxygen atoms in total. The van der Waals surface area contributed by atoms with Crippen LogP contribution in [0.25, 0.3) is 0 Å². The van der Waals surface area contributed by atoms with Gasteiger partial charge in [0, 0.05) is 12.0 Å². The maximum Gasteiger partial charge on any atom is 0.402 e. The molecule has 0 saturated heterocycles. The van der Waals surface area contributed by atoms with E-state index >= 15 is 0 Å². The van der Waals surface area contributed by atoms with Crippen LogP contribution in [0.2, 0.25) is 0 Å². The standard InChI is InChI=1S/C21H32F2O9S/c1-3-29-13(2)32-19-15-6-14-7-16(19)10-20(8-14,9-15)11-30-17(24)4-5-18(25)31-12-21(22,23)33(26,27)28/h13-16,19H,3-12H2,1-2H3,(H,26,27,28). The van der Waals surface area contributed by atoms with Crippen LogP contribution in [-0.2, 0) is 38.7 Å². The van der Waals surface area contributed by atoms with Gasteiger partial charge in [-0.2, -0.15) is 17.2 Å². The summed E-state index contributed by atoms with van der Waals surface area (Å²) >= 11 is 0. The zero-order valence-electron chi connectivity index (χ0n) is 18.8. The first-order valence-corrected chi connectivity index (χ1v) is 12.7. The molecular formula is C21H32F2O9S. The van der Waals surface area contributed by atoms with E-state index in [4.69, 9.17) is 18.8 Å². The maximum atomic E-state index is 13.1. The van der Waals surface area contributed by atoms with Gasteiger partial charge in [-0.1, -0.05) is 0 Å². The molecule has 4 rings (SSSR count). The smallest absolute Gasteiger partial charge is 0.402 e. The van der Waals surface area contributed by atoms with Crippen LogP contribution in [0, 0.1) is 23.2 Å². The van der Waals surface area contributed by atoms with E-state index in [0.29, 0.717) is 24.4 Å². The lowest BCUT2D eigenvalue weighted by molar-refractivity contribution is -0.235. The molecule has 0 radical (unpaired) electrons. The molecule has 4 fully saturated rings. The highest BCUT2D eigenvalue weighted by atomic mass is 32.2. The molecule has 12 heteroatoms. The summed E-state index contributed by atoms with van der Waals surface area (Å²) in [5, 5.41) is -4.61. The predicted molar refractivity (Wildman–Crippen MR) is 110 cm³/mol. The van der Waals surface area contributed by atoms with Crippen LogP contribution in [0.4, 0.5) is 8.78 Å². The number of hydrogen-bond acceptors (Lipinski definition) is 8. The Morgan fingerprint density at radius 1 is 1.09 bits per heavy atom. The van der Waals surface area contributed by atoms with Crippen molar-refractivity contribution in [2.45, 2.75) is 76.4 Å². The third-order valence-electron chi connectivity index (χ3n) is 6.91. The van der Waals surface area contributed by atoms with Crippen LogP contribution < -0.4 is 0 Å². The maximum absolute atomic E-state index is 13.1. The highest BCUT2D eigenvalue weighted by Crippen LogP contribution is 2.61. The Bertz CT molecular complexity index is 816. The van der Waals surface area contributed by atoms with E-state index in [9.17, 15) is 26.8 Å². The first-order chi connectivity index (χ1) is 15.3. The first kappa shape index (κ1) is 26.2. The summed E-state index contributed by atoms with van der Waals surface area (Å²) in [5.74, 6) is -0.493. The second-order valence-electron chi connectivity index (χ2n) is 9.53. The minimum atomic E-state index is -5.69. The molecule has 0 aromatic rings. The molecule has 4 aliphatic carbocycles. The Kier molecular flexibility index (Phi) is 8.02. The number of carbonyl (C=O) groups excluding carboxylic acids is 2. The molecule has 190 valence electrons. The van der Waals surface area contributed by atoms with Gasteiger partial charge in [-0.25, -0.2) is 0 Å². The summed E-state index contributed by atoms with van der Waals surface area (Å²) in [7, 11) is -5.69. The van der Waals surface area contributed by atoms with E-state index in [0.717, 1.165) is 32.1 Å². The number of rotatable bonds is 12. The molecule has 0 amide bonds. The van der Waals surface area contributed by atoms with Crippen LogP contribution in [-0.4, -0.2) is 62.4 Å². The van der Waals surface area contributed by atoms with E-state index < -0.39 is 40.3 Å². The Hall–Kier alpha value is -1.37. The molecule has 3 atom stereocenters. The quantitative estimate of drug-likeness (QED) is 0.246. The monoisotopic (exact) mass is 498 g/mol. The molecule has 33 heavy (non-hydrogen) atoms. The fourth-order valence-corrected chi connectivity index (χ4v) is 6.07. The Labute approximate surface area is 192 Å². The van der Waals surface area contributed by atoms with E-state index in [1.165, 1.54) is 0 Å². The second kappa shape index (κ2) is 10.1. The number of alkyl halides is 2. The lowest BCUT2D eigenvalue weighted by atomic mass is 9.49. The van der Waals surface area contributed by atoms with Crippen molar-refractivity contribution in [1.29, 1.82) is 0 Å². The predicted octanol–water partition coefficient (Wildman–Crippen LogP) is 2.93. The third kappa shape index (κ3) is 6.40. The highest BCUT2D eigenvalue weighted by molar-refractivity contribution is 7.86. The molecule has 3 unspecified atom stereocenters. The third-order valence-corrected chi connectivity index (χ3v) is 7.79. The van der Waals surface area contributed by atoms with Gasteiger partial charge < -0.3 is 18.9 Å². The summed E-state index contributed by atoms with van der Waals surface area (Å²) in [5.41, 5.74) is -0.112. The molecule has 4 aliphatic rings. The van der Waals surface area contributed by atoms with Gasteiger partial charge in [0.15, 0.2) is 12.9 Å². The van der Waals surface area contributed by atoms with Gasteiger partial charge >= 0.3 is 27.3 Å². The fraction of sp³-hybridized carbons (Fsp3) is 0.905. The average molecular weight is 499 g/mol. The molecule has 4 bridgehead atoms. The Balaban J connectivity index is 1.43. The molecule has 0 heterocycles. The van der Waals surface area contributed by atoms with Crippen molar-refractivity contribution in [2.24, 2.45) is 23.2 Å². The lowest BCUT2D eigenvalue weighted by Gasteiger charge is -2.59. The minimum absolute atomic E-state index is 0.112. The van der Waals surface area contributed by atoms with Gasteiger partial charge in [0.05, 0.1) is 25.6 Å². The van der Waals surface area contributed by atoms with Crippen molar-refractivity contribution in [3.8, 4) is 0 Å². The Morgan fingerprint density at radius 2 is 1.67 bits per heavy atom. The largest absolute Gasteiger partial charge is 0.465 e. The van der Waals surface area contributed by atoms with E-state index in [2.05, 4.69) is 4.74 Å². The van der Waals surface area contributed by atoms with E-state index in [1.807, 2.05) is 13.8 Å². The van der Waals surface area contributed by atoms with Crippen molar-refractivity contribution < 1.29 is 50.3 Å². The first-order valence-electron chi connectivity index (χ1n) is 11.3. The van der Waals surface area contributed by atoms with Crippen LogP contribution in [0.5, 0.6) is 0 Å².